The Balaban J connectivity index is 2.23. The van der Waals surface area contributed by atoms with Crippen molar-refractivity contribution in [3.8, 4) is 0 Å². The summed E-state index contributed by atoms with van der Waals surface area (Å²) in [7, 11) is 0. The molecule has 2 aromatic rings. The largest absolute Gasteiger partial charge is 0.126 e. The van der Waals surface area contributed by atoms with E-state index >= 15 is 0 Å². The van der Waals surface area contributed by atoms with Gasteiger partial charge >= 0.3 is 0 Å². The van der Waals surface area contributed by atoms with Crippen molar-refractivity contribution < 1.29 is 0 Å². The zero-order valence-electron chi connectivity index (χ0n) is 10.4. The first kappa shape index (κ1) is 13.6. The van der Waals surface area contributed by atoms with Gasteiger partial charge in [0.1, 0.15) is 0 Å². The Morgan fingerprint density at radius 2 is 1.89 bits per heavy atom. The van der Waals surface area contributed by atoms with Crippen molar-refractivity contribution >= 4 is 27.5 Å². The molecule has 94 valence electrons. The van der Waals surface area contributed by atoms with Crippen LogP contribution in [0.5, 0.6) is 0 Å². The lowest BCUT2D eigenvalue weighted by molar-refractivity contribution is 0.762. The lowest BCUT2D eigenvalue weighted by Crippen LogP contribution is -2.05. The highest BCUT2D eigenvalue weighted by Crippen LogP contribution is 2.26. The summed E-state index contributed by atoms with van der Waals surface area (Å²) in [5.41, 5.74) is 4.01. The molecule has 0 nitrogen and oxygen atoms in total. The summed E-state index contributed by atoms with van der Waals surface area (Å²) in [6.07, 6.45) is 0.993. The summed E-state index contributed by atoms with van der Waals surface area (Å²) in [5, 5.41) is 0. The topological polar surface area (TPSA) is 0 Å². The number of hydrogen-bond acceptors (Lipinski definition) is 0. The van der Waals surface area contributed by atoms with Crippen LogP contribution in [0.3, 0.4) is 0 Å². The first-order chi connectivity index (χ1) is 8.70. The van der Waals surface area contributed by atoms with Crippen molar-refractivity contribution in [3.05, 3.63) is 69.7 Å². The molecule has 18 heavy (non-hydrogen) atoms. The van der Waals surface area contributed by atoms with Crippen molar-refractivity contribution in [1.29, 1.82) is 0 Å². The van der Waals surface area contributed by atoms with Crippen LogP contribution in [0.1, 0.15) is 22.6 Å². The van der Waals surface area contributed by atoms with E-state index in [9.17, 15) is 0 Å². The smallest absolute Gasteiger partial charge is 0.0295 e. The Morgan fingerprint density at radius 3 is 2.56 bits per heavy atom. The van der Waals surface area contributed by atoms with E-state index in [1.807, 2.05) is 6.07 Å². The summed E-state index contributed by atoms with van der Waals surface area (Å²) in [6, 6.07) is 16.9. The third kappa shape index (κ3) is 3.37. The van der Waals surface area contributed by atoms with Gasteiger partial charge in [0, 0.05) is 16.3 Å². The highest BCUT2D eigenvalue weighted by Gasteiger charge is 2.12. The monoisotopic (exact) mass is 322 g/mol. The molecule has 0 radical (unpaired) electrons. The highest BCUT2D eigenvalue weighted by atomic mass is 79.9. The molecule has 0 N–H and O–H groups in total. The van der Waals surface area contributed by atoms with Crippen LogP contribution >= 0.6 is 27.5 Å². The van der Waals surface area contributed by atoms with Gasteiger partial charge in [-0.15, -0.1) is 11.6 Å². The molecular formula is C16H16BrCl. The first-order valence-electron chi connectivity index (χ1n) is 6.06. The van der Waals surface area contributed by atoms with Crippen LogP contribution in [0.15, 0.2) is 53.0 Å². The van der Waals surface area contributed by atoms with Crippen LogP contribution in [-0.2, 0) is 6.42 Å². The van der Waals surface area contributed by atoms with Gasteiger partial charge in [-0.05, 0) is 42.2 Å². The maximum absolute atomic E-state index is 6.14. The SMILES string of the molecule is Cc1ccccc1CC(CCl)c1cccc(Br)c1. The van der Waals surface area contributed by atoms with E-state index in [0.29, 0.717) is 11.8 Å². The fourth-order valence-corrected chi connectivity index (χ4v) is 2.83. The predicted octanol–water partition coefficient (Wildman–Crippen LogP) is 5.32. The van der Waals surface area contributed by atoms with E-state index in [2.05, 4.69) is 65.3 Å². The average molecular weight is 324 g/mol. The van der Waals surface area contributed by atoms with Gasteiger partial charge in [-0.1, -0.05) is 52.3 Å². The molecule has 1 unspecified atom stereocenters. The molecule has 0 aromatic heterocycles. The quantitative estimate of drug-likeness (QED) is 0.668. The molecule has 0 aliphatic rings. The molecule has 2 rings (SSSR count). The molecule has 0 saturated carbocycles. The summed E-state index contributed by atoms with van der Waals surface area (Å²) in [5.74, 6) is 1.01. The molecule has 0 bridgehead atoms. The van der Waals surface area contributed by atoms with E-state index in [4.69, 9.17) is 11.6 Å². The second-order valence-electron chi connectivity index (χ2n) is 4.54. The molecule has 0 amide bonds. The van der Waals surface area contributed by atoms with Gasteiger partial charge in [0.15, 0.2) is 0 Å². The van der Waals surface area contributed by atoms with Gasteiger partial charge in [0.25, 0.3) is 0 Å². The maximum atomic E-state index is 6.14. The number of alkyl halides is 1. The van der Waals surface area contributed by atoms with Crippen LogP contribution in [0, 0.1) is 6.92 Å². The predicted molar refractivity (Wildman–Crippen MR) is 82.5 cm³/mol. The van der Waals surface area contributed by atoms with Gasteiger partial charge in [-0.25, -0.2) is 0 Å². The summed E-state index contributed by atoms with van der Waals surface area (Å²) in [4.78, 5) is 0. The van der Waals surface area contributed by atoms with Crippen molar-refractivity contribution in [2.45, 2.75) is 19.3 Å². The van der Waals surface area contributed by atoms with Crippen LogP contribution in [0.4, 0.5) is 0 Å². The van der Waals surface area contributed by atoms with Crippen LogP contribution in [-0.4, -0.2) is 5.88 Å². The van der Waals surface area contributed by atoms with E-state index < -0.39 is 0 Å². The minimum absolute atomic E-state index is 0.366. The van der Waals surface area contributed by atoms with Crippen LogP contribution in [0.25, 0.3) is 0 Å². The Morgan fingerprint density at radius 1 is 1.11 bits per heavy atom. The van der Waals surface area contributed by atoms with Crippen LogP contribution in [0.2, 0.25) is 0 Å². The third-order valence-electron chi connectivity index (χ3n) is 3.23. The first-order valence-corrected chi connectivity index (χ1v) is 7.39. The van der Waals surface area contributed by atoms with Crippen molar-refractivity contribution in [2.24, 2.45) is 0 Å². The molecule has 0 aliphatic carbocycles. The fraction of sp³-hybridized carbons (Fsp3) is 0.250. The lowest BCUT2D eigenvalue weighted by atomic mass is 9.92. The van der Waals surface area contributed by atoms with E-state index in [1.54, 1.807) is 0 Å². The van der Waals surface area contributed by atoms with E-state index in [1.165, 1.54) is 16.7 Å². The molecule has 2 heteroatoms. The molecular weight excluding hydrogens is 308 g/mol. The minimum atomic E-state index is 0.366. The number of benzene rings is 2. The zero-order valence-corrected chi connectivity index (χ0v) is 12.7. The van der Waals surface area contributed by atoms with E-state index in [-0.39, 0.29) is 0 Å². The second kappa shape index (κ2) is 6.40. The van der Waals surface area contributed by atoms with Crippen molar-refractivity contribution in [3.63, 3.8) is 0 Å². The fourth-order valence-electron chi connectivity index (χ4n) is 2.13. The van der Waals surface area contributed by atoms with Crippen molar-refractivity contribution in [1.82, 2.24) is 0 Å². The van der Waals surface area contributed by atoms with Gasteiger partial charge in [0.2, 0.25) is 0 Å². The third-order valence-corrected chi connectivity index (χ3v) is 4.10. The van der Waals surface area contributed by atoms with Crippen molar-refractivity contribution in [2.75, 3.05) is 5.88 Å². The lowest BCUT2D eigenvalue weighted by Gasteiger charge is -2.16. The summed E-state index contributed by atoms with van der Waals surface area (Å²) < 4.78 is 1.11. The summed E-state index contributed by atoms with van der Waals surface area (Å²) in [6.45, 7) is 2.15. The minimum Gasteiger partial charge on any atom is -0.126 e. The van der Waals surface area contributed by atoms with Gasteiger partial charge < -0.3 is 0 Å². The standard InChI is InChI=1S/C16H16BrCl/c1-12-5-2-3-6-13(12)9-15(11-18)14-7-4-8-16(17)10-14/h2-8,10,15H,9,11H2,1H3. The normalized spacial score (nSPS) is 12.4. The zero-order chi connectivity index (χ0) is 13.0. The average Bonchev–Trinajstić information content (AvgIpc) is 2.38. The molecule has 0 aliphatic heterocycles. The number of hydrogen-bond donors (Lipinski definition) is 0. The Hall–Kier alpha value is -0.790. The molecule has 0 saturated heterocycles. The maximum Gasteiger partial charge on any atom is 0.0295 e. The number of rotatable bonds is 4. The number of aryl methyl sites for hydroxylation is 1. The molecule has 2 aromatic carbocycles. The molecule has 0 fully saturated rings. The highest BCUT2D eigenvalue weighted by molar-refractivity contribution is 9.10. The molecule has 0 spiro atoms. The van der Waals surface area contributed by atoms with E-state index in [0.717, 1.165) is 10.9 Å². The summed E-state index contributed by atoms with van der Waals surface area (Å²) >= 11 is 9.66. The Labute approximate surface area is 122 Å². The van der Waals surface area contributed by atoms with Gasteiger partial charge in [-0.3, -0.25) is 0 Å². The Bertz CT molecular complexity index is 522. The second-order valence-corrected chi connectivity index (χ2v) is 5.76. The number of halogens is 2. The van der Waals surface area contributed by atoms with Gasteiger partial charge in [0.05, 0.1) is 0 Å². The Kier molecular flexibility index (Phi) is 4.85. The van der Waals surface area contributed by atoms with Gasteiger partial charge in [-0.2, -0.15) is 0 Å². The molecule has 1 atom stereocenters. The molecule has 0 heterocycles. The van der Waals surface area contributed by atoms with Crippen LogP contribution < -0.4 is 0 Å².